The Bertz CT molecular complexity index is 496. The molecule has 22 heavy (non-hydrogen) atoms. The molecule has 5 nitrogen and oxygen atoms in total. The van der Waals surface area contributed by atoms with Gasteiger partial charge in [-0.05, 0) is 19.4 Å². The van der Waals surface area contributed by atoms with E-state index >= 15 is 0 Å². The smallest absolute Gasteiger partial charge is 0.191 e. The van der Waals surface area contributed by atoms with E-state index in [1.54, 1.807) is 0 Å². The summed E-state index contributed by atoms with van der Waals surface area (Å²) >= 11 is 0. The fraction of sp³-hybridized carbons (Fsp3) is 0.588. The average molecular weight is 305 g/mol. The number of rotatable bonds is 5. The van der Waals surface area contributed by atoms with Crippen molar-refractivity contribution < 1.29 is 9.84 Å². The van der Waals surface area contributed by atoms with Gasteiger partial charge in [0, 0.05) is 39.1 Å². The number of aliphatic imine (C=N–C) groups is 1. The lowest BCUT2D eigenvalue weighted by molar-refractivity contribution is -0.0594. The minimum absolute atomic E-state index is 0.496. The summed E-state index contributed by atoms with van der Waals surface area (Å²) in [5.74, 6) is 0.740. The zero-order valence-electron chi connectivity index (χ0n) is 13.6. The topological polar surface area (TPSA) is 65.9 Å². The molecule has 1 aromatic carbocycles. The van der Waals surface area contributed by atoms with E-state index in [2.05, 4.69) is 40.7 Å². The van der Waals surface area contributed by atoms with Crippen LogP contribution in [0.5, 0.6) is 0 Å². The highest BCUT2D eigenvalue weighted by atomic mass is 16.5. The van der Waals surface area contributed by atoms with Crippen molar-refractivity contribution in [2.24, 2.45) is 4.99 Å². The van der Waals surface area contributed by atoms with Crippen molar-refractivity contribution in [2.75, 3.05) is 26.3 Å². The molecule has 1 fully saturated rings. The Morgan fingerprint density at radius 3 is 2.77 bits per heavy atom. The predicted octanol–water partition coefficient (Wildman–Crippen LogP) is 1.59. The van der Waals surface area contributed by atoms with Gasteiger partial charge in [-0.15, -0.1) is 0 Å². The third kappa shape index (κ3) is 5.31. The van der Waals surface area contributed by atoms with E-state index in [1.165, 1.54) is 11.1 Å². The van der Waals surface area contributed by atoms with Gasteiger partial charge in [0.2, 0.25) is 0 Å². The van der Waals surface area contributed by atoms with Gasteiger partial charge in [0.1, 0.15) is 0 Å². The van der Waals surface area contributed by atoms with Crippen molar-refractivity contribution in [3.8, 4) is 0 Å². The second kappa shape index (κ2) is 8.15. The van der Waals surface area contributed by atoms with Gasteiger partial charge in [-0.3, -0.25) is 0 Å². The predicted molar refractivity (Wildman–Crippen MR) is 89.0 cm³/mol. The summed E-state index contributed by atoms with van der Waals surface area (Å²) in [6, 6.07) is 8.34. The number of benzene rings is 1. The Kier molecular flexibility index (Phi) is 6.21. The SMILES string of the molecule is CCNC(=NCc1cccc(C)c1)NCC1(O)CCOCC1. The van der Waals surface area contributed by atoms with E-state index in [9.17, 15) is 5.11 Å². The lowest BCUT2D eigenvalue weighted by atomic mass is 9.94. The summed E-state index contributed by atoms with van der Waals surface area (Å²) in [6.07, 6.45) is 1.33. The molecule has 0 aliphatic carbocycles. The molecule has 1 aliphatic rings. The molecule has 1 saturated heterocycles. The van der Waals surface area contributed by atoms with Crippen LogP contribution in [0.2, 0.25) is 0 Å². The molecule has 3 N–H and O–H groups in total. The Hall–Kier alpha value is -1.59. The second-order valence-electron chi connectivity index (χ2n) is 5.87. The van der Waals surface area contributed by atoms with Crippen LogP contribution in [0.15, 0.2) is 29.3 Å². The Morgan fingerprint density at radius 1 is 1.32 bits per heavy atom. The summed E-state index contributed by atoms with van der Waals surface area (Å²) in [6.45, 7) is 7.27. The van der Waals surface area contributed by atoms with Crippen LogP contribution in [0.25, 0.3) is 0 Å². The zero-order chi connectivity index (χ0) is 15.8. The van der Waals surface area contributed by atoms with E-state index < -0.39 is 5.60 Å². The number of ether oxygens (including phenoxy) is 1. The number of hydrogen-bond acceptors (Lipinski definition) is 3. The average Bonchev–Trinajstić information content (AvgIpc) is 2.51. The van der Waals surface area contributed by atoms with E-state index in [4.69, 9.17) is 4.74 Å². The Balaban J connectivity index is 1.92. The first-order valence-electron chi connectivity index (χ1n) is 7.99. The largest absolute Gasteiger partial charge is 0.388 e. The maximum absolute atomic E-state index is 10.5. The first-order chi connectivity index (χ1) is 10.6. The maximum atomic E-state index is 10.5. The molecule has 0 unspecified atom stereocenters. The monoisotopic (exact) mass is 305 g/mol. The van der Waals surface area contributed by atoms with Crippen LogP contribution < -0.4 is 10.6 Å². The second-order valence-corrected chi connectivity index (χ2v) is 5.87. The van der Waals surface area contributed by atoms with Crippen LogP contribution in [-0.2, 0) is 11.3 Å². The standard InChI is InChI=1S/C17H27N3O2/c1-3-18-16(19-12-15-6-4-5-14(2)11-15)20-13-17(21)7-9-22-10-8-17/h4-6,11,21H,3,7-10,12-13H2,1-2H3,(H2,18,19,20). The zero-order valence-corrected chi connectivity index (χ0v) is 13.6. The van der Waals surface area contributed by atoms with Crippen molar-refractivity contribution in [3.63, 3.8) is 0 Å². The van der Waals surface area contributed by atoms with E-state index in [0.717, 1.165) is 12.5 Å². The highest BCUT2D eigenvalue weighted by molar-refractivity contribution is 5.79. The van der Waals surface area contributed by atoms with E-state index in [1.807, 2.05) is 13.0 Å². The number of nitrogens with one attached hydrogen (secondary N) is 2. The van der Waals surface area contributed by atoms with E-state index in [-0.39, 0.29) is 0 Å². The van der Waals surface area contributed by atoms with Crippen molar-refractivity contribution >= 4 is 5.96 Å². The van der Waals surface area contributed by atoms with Gasteiger partial charge >= 0.3 is 0 Å². The minimum atomic E-state index is -0.697. The van der Waals surface area contributed by atoms with Crippen LogP contribution in [0, 0.1) is 6.92 Å². The van der Waals surface area contributed by atoms with Crippen LogP contribution in [-0.4, -0.2) is 43.0 Å². The highest BCUT2D eigenvalue weighted by Crippen LogP contribution is 2.19. The molecule has 2 rings (SSSR count). The van der Waals surface area contributed by atoms with Crippen molar-refractivity contribution in [1.29, 1.82) is 0 Å². The Morgan fingerprint density at radius 2 is 2.09 bits per heavy atom. The number of aliphatic hydroxyl groups is 1. The van der Waals surface area contributed by atoms with Crippen LogP contribution in [0.3, 0.4) is 0 Å². The molecule has 0 spiro atoms. The summed E-state index contributed by atoms with van der Waals surface area (Å²) < 4.78 is 5.30. The third-order valence-electron chi connectivity index (χ3n) is 3.85. The normalized spacial score (nSPS) is 18.0. The maximum Gasteiger partial charge on any atom is 0.191 e. The molecule has 0 aromatic heterocycles. The number of nitrogens with zero attached hydrogens (tertiary/aromatic N) is 1. The summed E-state index contributed by atoms with van der Waals surface area (Å²) in [5, 5.41) is 17.0. The molecule has 1 aromatic rings. The van der Waals surface area contributed by atoms with Gasteiger partial charge in [0.25, 0.3) is 0 Å². The molecule has 1 aliphatic heterocycles. The molecule has 0 saturated carbocycles. The molecule has 5 heteroatoms. The lowest BCUT2D eigenvalue weighted by Crippen LogP contribution is -2.49. The van der Waals surface area contributed by atoms with Crippen molar-refractivity contribution in [3.05, 3.63) is 35.4 Å². The van der Waals surface area contributed by atoms with E-state index in [0.29, 0.717) is 39.1 Å². The summed E-state index contributed by atoms with van der Waals surface area (Å²) in [7, 11) is 0. The van der Waals surface area contributed by atoms with Gasteiger partial charge < -0.3 is 20.5 Å². The molecule has 0 bridgehead atoms. The first kappa shape index (κ1) is 16.8. The van der Waals surface area contributed by atoms with Crippen molar-refractivity contribution in [1.82, 2.24) is 10.6 Å². The van der Waals surface area contributed by atoms with Gasteiger partial charge in [0.15, 0.2) is 5.96 Å². The minimum Gasteiger partial charge on any atom is -0.388 e. The number of aryl methyl sites for hydroxylation is 1. The van der Waals surface area contributed by atoms with Crippen LogP contribution in [0.1, 0.15) is 30.9 Å². The van der Waals surface area contributed by atoms with Gasteiger partial charge in [0.05, 0.1) is 12.1 Å². The molecule has 0 atom stereocenters. The lowest BCUT2D eigenvalue weighted by Gasteiger charge is -2.32. The van der Waals surface area contributed by atoms with Crippen molar-refractivity contribution in [2.45, 2.75) is 38.8 Å². The van der Waals surface area contributed by atoms with Gasteiger partial charge in [-0.2, -0.15) is 0 Å². The summed E-state index contributed by atoms with van der Waals surface area (Å²) in [5.41, 5.74) is 1.72. The molecule has 0 amide bonds. The molecule has 122 valence electrons. The summed E-state index contributed by atoms with van der Waals surface area (Å²) in [4.78, 5) is 4.59. The highest BCUT2D eigenvalue weighted by Gasteiger charge is 2.29. The molecule has 1 heterocycles. The quantitative estimate of drug-likeness (QED) is 0.571. The first-order valence-corrected chi connectivity index (χ1v) is 7.99. The number of hydrogen-bond donors (Lipinski definition) is 3. The third-order valence-corrected chi connectivity index (χ3v) is 3.85. The number of guanidine groups is 1. The van der Waals surface area contributed by atoms with Crippen LogP contribution >= 0.6 is 0 Å². The van der Waals surface area contributed by atoms with Crippen LogP contribution in [0.4, 0.5) is 0 Å². The fourth-order valence-corrected chi connectivity index (χ4v) is 2.50. The molecular weight excluding hydrogens is 278 g/mol. The fourth-order valence-electron chi connectivity index (χ4n) is 2.50. The molecule has 0 radical (unpaired) electrons. The van der Waals surface area contributed by atoms with Gasteiger partial charge in [-0.1, -0.05) is 29.8 Å². The van der Waals surface area contributed by atoms with Gasteiger partial charge in [-0.25, -0.2) is 4.99 Å². The Labute approximate surface area is 132 Å². The molecular formula is C17H27N3O2.